The van der Waals surface area contributed by atoms with E-state index in [1.165, 1.54) is 0 Å². The number of carbonyl (C=O) groups excluding carboxylic acids is 1. The number of likely N-dealkylation sites (tertiary alicyclic amines) is 1. The van der Waals surface area contributed by atoms with Crippen molar-refractivity contribution in [3.8, 4) is 0 Å². The number of para-hydroxylation sites is 1. The standard InChI is InChI=1S/C13H18N2O2/c14-12-4-2-1-3-11(12)5-6-13(17)15-7-10(8-15)9-16/h1-4,10,16H,5-9,14H2. The van der Waals surface area contributed by atoms with Crippen LogP contribution in [0.2, 0.25) is 0 Å². The average Bonchev–Trinajstić information content (AvgIpc) is 2.26. The van der Waals surface area contributed by atoms with Gasteiger partial charge in [0.15, 0.2) is 0 Å². The first-order valence-corrected chi connectivity index (χ1v) is 5.92. The lowest BCUT2D eigenvalue weighted by molar-refractivity contribution is -0.138. The van der Waals surface area contributed by atoms with Gasteiger partial charge in [-0.25, -0.2) is 0 Å². The van der Waals surface area contributed by atoms with Crippen LogP contribution < -0.4 is 5.73 Å². The zero-order valence-electron chi connectivity index (χ0n) is 9.80. The Morgan fingerprint density at radius 3 is 2.76 bits per heavy atom. The summed E-state index contributed by atoms with van der Waals surface area (Å²) in [5, 5.41) is 8.88. The molecule has 1 amide bonds. The van der Waals surface area contributed by atoms with Gasteiger partial charge in [0.25, 0.3) is 0 Å². The highest BCUT2D eigenvalue weighted by Gasteiger charge is 2.29. The number of aliphatic hydroxyl groups excluding tert-OH is 1. The zero-order valence-corrected chi connectivity index (χ0v) is 9.80. The quantitative estimate of drug-likeness (QED) is 0.752. The average molecular weight is 234 g/mol. The van der Waals surface area contributed by atoms with Crippen molar-refractivity contribution in [1.82, 2.24) is 4.90 Å². The Hall–Kier alpha value is -1.55. The number of rotatable bonds is 4. The van der Waals surface area contributed by atoms with Gasteiger partial charge in [0.1, 0.15) is 0 Å². The number of hydrogen-bond donors (Lipinski definition) is 2. The van der Waals surface area contributed by atoms with Gasteiger partial charge in [-0.1, -0.05) is 18.2 Å². The van der Waals surface area contributed by atoms with Crippen LogP contribution in [-0.4, -0.2) is 35.6 Å². The maximum Gasteiger partial charge on any atom is 0.222 e. The van der Waals surface area contributed by atoms with Gasteiger partial charge in [0.2, 0.25) is 5.91 Å². The Labute approximate surface area is 101 Å². The van der Waals surface area contributed by atoms with E-state index in [2.05, 4.69) is 0 Å². The summed E-state index contributed by atoms with van der Waals surface area (Å²) in [6, 6.07) is 7.63. The summed E-state index contributed by atoms with van der Waals surface area (Å²) in [7, 11) is 0. The van der Waals surface area contributed by atoms with E-state index in [0.29, 0.717) is 25.9 Å². The highest BCUT2D eigenvalue weighted by Crippen LogP contribution is 2.18. The van der Waals surface area contributed by atoms with Crippen LogP contribution in [0, 0.1) is 5.92 Å². The summed E-state index contributed by atoms with van der Waals surface area (Å²) in [6.45, 7) is 1.56. The lowest BCUT2D eigenvalue weighted by atomic mass is 10.00. The molecule has 1 aromatic rings. The van der Waals surface area contributed by atoms with Crippen molar-refractivity contribution < 1.29 is 9.90 Å². The fraction of sp³-hybridized carbons (Fsp3) is 0.462. The first-order chi connectivity index (χ1) is 8.20. The second kappa shape index (κ2) is 5.19. The van der Waals surface area contributed by atoms with E-state index in [9.17, 15) is 4.79 Å². The van der Waals surface area contributed by atoms with Crippen LogP contribution in [0.15, 0.2) is 24.3 Å². The molecule has 0 atom stereocenters. The summed E-state index contributed by atoms with van der Waals surface area (Å²) < 4.78 is 0. The molecule has 1 aliphatic heterocycles. The van der Waals surface area contributed by atoms with Gasteiger partial charge in [-0.3, -0.25) is 4.79 Å². The minimum Gasteiger partial charge on any atom is -0.399 e. The van der Waals surface area contributed by atoms with Gasteiger partial charge < -0.3 is 15.7 Å². The number of nitrogens with zero attached hydrogens (tertiary/aromatic N) is 1. The van der Waals surface area contributed by atoms with Crippen LogP contribution in [0.1, 0.15) is 12.0 Å². The minimum absolute atomic E-state index is 0.151. The van der Waals surface area contributed by atoms with Crippen molar-refractivity contribution >= 4 is 11.6 Å². The third-order valence-electron chi connectivity index (χ3n) is 3.23. The normalized spacial score (nSPS) is 15.7. The molecule has 17 heavy (non-hydrogen) atoms. The molecule has 0 radical (unpaired) electrons. The van der Waals surface area contributed by atoms with Crippen LogP contribution in [0.25, 0.3) is 0 Å². The molecule has 0 aromatic heterocycles. The molecule has 3 N–H and O–H groups in total. The second-order valence-electron chi connectivity index (χ2n) is 4.55. The Kier molecular flexibility index (Phi) is 3.64. The number of anilines is 1. The van der Waals surface area contributed by atoms with E-state index in [4.69, 9.17) is 10.8 Å². The van der Waals surface area contributed by atoms with Crippen molar-refractivity contribution in [1.29, 1.82) is 0 Å². The number of aliphatic hydroxyl groups is 1. The molecular formula is C13H18N2O2. The van der Waals surface area contributed by atoms with Crippen LogP contribution in [0.3, 0.4) is 0 Å². The van der Waals surface area contributed by atoms with Crippen molar-refractivity contribution in [3.63, 3.8) is 0 Å². The first kappa shape index (κ1) is 11.9. The van der Waals surface area contributed by atoms with E-state index in [1.54, 1.807) is 4.90 Å². The van der Waals surface area contributed by atoms with E-state index < -0.39 is 0 Å². The van der Waals surface area contributed by atoms with E-state index >= 15 is 0 Å². The van der Waals surface area contributed by atoms with Crippen molar-refractivity contribution in [2.45, 2.75) is 12.8 Å². The monoisotopic (exact) mass is 234 g/mol. The Bertz CT molecular complexity index is 400. The van der Waals surface area contributed by atoms with E-state index in [1.807, 2.05) is 24.3 Å². The van der Waals surface area contributed by atoms with Gasteiger partial charge >= 0.3 is 0 Å². The molecule has 0 saturated carbocycles. The molecule has 0 spiro atoms. The molecule has 1 aliphatic rings. The smallest absolute Gasteiger partial charge is 0.222 e. The molecule has 0 unspecified atom stereocenters. The number of carbonyl (C=O) groups is 1. The predicted octanol–water partition coefficient (Wildman–Crippen LogP) is 0.652. The summed E-state index contributed by atoms with van der Waals surface area (Å²) in [5.41, 5.74) is 7.59. The van der Waals surface area contributed by atoms with E-state index in [0.717, 1.165) is 11.3 Å². The molecule has 1 fully saturated rings. The Morgan fingerprint density at radius 2 is 2.12 bits per heavy atom. The summed E-state index contributed by atoms with van der Waals surface area (Å²) >= 11 is 0. The van der Waals surface area contributed by atoms with Gasteiger partial charge in [0.05, 0.1) is 0 Å². The summed E-state index contributed by atoms with van der Waals surface area (Å²) in [4.78, 5) is 13.6. The molecule has 1 aromatic carbocycles. The molecule has 4 nitrogen and oxygen atoms in total. The largest absolute Gasteiger partial charge is 0.399 e. The fourth-order valence-corrected chi connectivity index (χ4v) is 2.05. The maximum absolute atomic E-state index is 11.8. The second-order valence-corrected chi connectivity index (χ2v) is 4.55. The van der Waals surface area contributed by atoms with Gasteiger partial charge in [-0.2, -0.15) is 0 Å². The van der Waals surface area contributed by atoms with E-state index in [-0.39, 0.29) is 18.4 Å². The molecule has 0 aliphatic carbocycles. The molecular weight excluding hydrogens is 216 g/mol. The molecule has 92 valence electrons. The number of nitrogen functional groups attached to an aromatic ring is 1. The number of aryl methyl sites for hydroxylation is 1. The van der Waals surface area contributed by atoms with Crippen molar-refractivity contribution in [3.05, 3.63) is 29.8 Å². The number of hydrogen-bond acceptors (Lipinski definition) is 3. The van der Waals surface area contributed by atoms with Gasteiger partial charge in [-0.05, 0) is 18.1 Å². The molecule has 4 heteroatoms. The predicted molar refractivity (Wildman–Crippen MR) is 66.3 cm³/mol. The third kappa shape index (κ3) is 2.77. The lowest BCUT2D eigenvalue weighted by Gasteiger charge is -2.38. The molecule has 2 rings (SSSR count). The van der Waals surface area contributed by atoms with Crippen LogP contribution in [0.5, 0.6) is 0 Å². The minimum atomic E-state index is 0.151. The maximum atomic E-state index is 11.8. The number of amides is 1. The first-order valence-electron chi connectivity index (χ1n) is 5.92. The zero-order chi connectivity index (χ0) is 12.3. The molecule has 0 bridgehead atoms. The van der Waals surface area contributed by atoms with Crippen LogP contribution in [-0.2, 0) is 11.2 Å². The third-order valence-corrected chi connectivity index (χ3v) is 3.23. The Morgan fingerprint density at radius 1 is 1.41 bits per heavy atom. The van der Waals surface area contributed by atoms with Gasteiger partial charge in [0, 0.05) is 37.7 Å². The van der Waals surface area contributed by atoms with Crippen molar-refractivity contribution in [2.24, 2.45) is 5.92 Å². The Balaban J connectivity index is 1.79. The fourth-order valence-electron chi connectivity index (χ4n) is 2.05. The SMILES string of the molecule is Nc1ccccc1CCC(=O)N1CC(CO)C1. The molecule has 1 heterocycles. The molecule has 1 saturated heterocycles. The van der Waals surface area contributed by atoms with Gasteiger partial charge in [-0.15, -0.1) is 0 Å². The van der Waals surface area contributed by atoms with Crippen LogP contribution in [0.4, 0.5) is 5.69 Å². The number of nitrogens with two attached hydrogens (primary N) is 1. The topological polar surface area (TPSA) is 66.6 Å². The number of benzene rings is 1. The summed E-state index contributed by atoms with van der Waals surface area (Å²) in [5.74, 6) is 0.429. The summed E-state index contributed by atoms with van der Waals surface area (Å²) in [6.07, 6.45) is 1.18. The highest BCUT2D eigenvalue weighted by molar-refractivity contribution is 5.77. The lowest BCUT2D eigenvalue weighted by Crippen LogP contribution is -2.51. The highest BCUT2D eigenvalue weighted by atomic mass is 16.3. The van der Waals surface area contributed by atoms with Crippen LogP contribution >= 0.6 is 0 Å². The van der Waals surface area contributed by atoms with Crippen molar-refractivity contribution in [2.75, 3.05) is 25.4 Å².